The van der Waals surface area contributed by atoms with Crippen LogP contribution >= 0.6 is 0 Å². The Morgan fingerprint density at radius 2 is 2.22 bits per heavy atom. The van der Waals surface area contributed by atoms with Crippen LogP contribution in [0, 0.1) is 5.92 Å². The van der Waals surface area contributed by atoms with Gasteiger partial charge in [-0.15, -0.1) is 0 Å². The van der Waals surface area contributed by atoms with Crippen molar-refractivity contribution in [2.75, 3.05) is 6.54 Å². The zero-order valence-corrected chi connectivity index (χ0v) is 11.0. The second-order valence-electron chi connectivity index (χ2n) is 5.15. The number of nitrogens with zero attached hydrogens (tertiary/aromatic N) is 1. The first-order valence-corrected chi connectivity index (χ1v) is 5.96. The molecule has 0 bridgehead atoms. The molecule has 1 atom stereocenters. The predicted molar refractivity (Wildman–Crippen MR) is 68.3 cm³/mol. The molecule has 5 heteroatoms. The van der Waals surface area contributed by atoms with E-state index in [4.69, 9.17) is 0 Å². The van der Waals surface area contributed by atoms with Crippen molar-refractivity contribution in [2.45, 2.75) is 32.8 Å². The summed E-state index contributed by atoms with van der Waals surface area (Å²) < 4.78 is 0. The number of hydrogen-bond donors (Lipinski definition) is 3. The molecule has 0 radical (unpaired) electrons. The van der Waals surface area contributed by atoms with Crippen LogP contribution in [0.1, 0.15) is 37.7 Å². The van der Waals surface area contributed by atoms with Crippen molar-refractivity contribution in [3.05, 3.63) is 24.0 Å². The van der Waals surface area contributed by atoms with Gasteiger partial charge in [-0.1, -0.05) is 13.8 Å². The number of aliphatic hydroxyl groups is 1. The van der Waals surface area contributed by atoms with Crippen LogP contribution in [0.4, 0.5) is 0 Å². The van der Waals surface area contributed by atoms with Crippen LogP contribution in [0.3, 0.4) is 0 Å². The molecule has 0 aliphatic carbocycles. The summed E-state index contributed by atoms with van der Waals surface area (Å²) in [5.41, 5.74) is -0.994. The third-order valence-electron chi connectivity index (χ3n) is 2.48. The highest BCUT2D eigenvalue weighted by molar-refractivity contribution is 5.94. The van der Waals surface area contributed by atoms with Crippen LogP contribution in [0.5, 0.6) is 5.75 Å². The number of amides is 1. The molecule has 0 saturated carbocycles. The SMILES string of the molecule is CC(C)CC(C)(O)CNC(=O)c1ncccc1O. The lowest BCUT2D eigenvalue weighted by Crippen LogP contribution is -2.41. The smallest absolute Gasteiger partial charge is 0.273 e. The maximum atomic E-state index is 11.8. The first kappa shape index (κ1) is 14.4. The number of nitrogens with one attached hydrogen (secondary N) is 1. The quantitative estimate of drug-likeness (QED) is 0.738. The lowest BCUT2D eigenvalue weighted by molar-refractivity contribution is 0.0367. The average molecular weight is 252 g/mol. The zero-order valence-electron chi connectivity index (χ0n) is 11.0. The topological polar surface area (TPSA) is 82.5 Å². The molecule has 100 valence electrons. The van der Waals surface area contributed by atoms with Crippen LogP contribution in [-0.4, -0.2) is 33.3 Å². The zero-order chi connectivity index (χ0) is 13.8. The molecule has 0 saturated heterocycles. The van der Waals surface area contributed by atoms with Gasteiger partial charge in [0, 0.05) is 12.7 Å². The molecular formula is C13H20N2O3. The molecule has 0 aromatic carbocycles. The summed E-state index contributed by atoms with van der Waals surface area (Å²) in [5.74, 6) is -0.323. The molecule has 1 unspecified atom stereocenters. The Balaban J connectivity index is 2.59. The maximum Gasteiger partial charge on any atom is 0.273 e. The Labute approximate surface area is 107 Å². The first-order valence-electron chi connectivity index (χ1n) is 5.96. The molecule has 0 aliphatic heterocycles. The molecule has 0 aliphatic rings. The molecule has 1 heterocycles. The maximum absolute atomic E-state index is 11.8. The molecule has 18 heavy (non-hydrogen) atoms. The fourth-order valence-electron chi connectivity index (χ4n) is 1.88. The van der Waals surface area contributed by atoms with Crippen molar-refractivity contribution in [3.63, 3.8) is 0 Å². The third kappa shape index (κ3) is 4.33. The van der Waals surface area contributed by atoms with E-state index < -0.39 is 11.5 Å². The monoisotopic (exact) mass is 252 g/mol. The standard InChI is InChI=1S/C13H20N2O3/c1-9(2)7-13(3,18)8-15-12(17)11-10(16)5-4-6-14-11/h4-6,9,16,18H,7-8H2,1-3H3,(H,15,17). The molecule has 1 rings (SSSR count). The van der Waals surface area contributed by atoms with Gasteiger partial charge < -0.3 is 15.5 Å². The van der Waals surface area contributed by atoms with Gasteiger partial charge >= 0.3 is 0 Å². The Kier molecular flexibility index (Phi) is 4.67. The number of pyridine rings is 1. The normalized spacial score (nSPS) is 14.3. The Bertz CT molecular complexity index is 416. The van der Waals surface area contributed by atoms with E-state index in [1.165, 1.54) is 12.3 Å². The molecular weight excluding hydrogens is 232 g/mol. The number of carbonyl (C=O) groups is 1. The van der Waals surface area contributed by atoms with Crippen molar-refractivity contribution in [2.24, 2.45) is 5.92 Å². The van der Waals surface area contributed by atoms with E-state index in [9.17, 15) is 15.0 Å². The van der Waals surface area contributed by atoms with Gasteiger partial charge in [0.25, 0.3) is 5.91 Å². The highest BCUT2D eigenvalue weighted by Gasteiger charge is 2.23. The van der Waals surface area contributed by atoms with Gasteiger partial charge in [0.15, 0.2) is 5.69 Å². The van der Waals surface area contributed by atoms with Crippen molar-refractivity contribution in [3.8, 4) is 5.75 Å². The van der Waals surface area contributed by atoms with Gasteiger partial charge in [0.1, 0.15) is 5.75 Å². The molecule has 5 nitrogen and oxygen atoms in total. The van der Waals surface area contributed by atoms with Gasteiger partial charge in [-0.2, -0.15) is 0 Å². The van der Waals surface area contributed by atoms with Gasteiger partial charge in [-0.25, -0.2) is 4.98 Å². The second kappa shape index (κ2) is 5.82. The minimum Gasteiger partial charge on any atom is -0.505 e. The summed E-state index contributed by atoms with van der Waals surface area (Å²) in [6.45, 7) is 5.80. The Morgan fingerprint density at radius 1 is 1.56 bits per heavy atom. The molecule has 0 fully saturated rings. The van der Waals surface area contributed by atoms with Crippen molar-refractivity contribution < 1.29 is 15.0 Å². The lowest BCUT2D eigenvalue weighted by atomic mass is 9.94. The highest BCUT2D eigenvalue weighted by atomic mass is 16.3. The minimum atomic E-state index is -0.964. The van der Waals surface area contributed by atoms with Crippen molar-refractivity contribution in [1.82, 2.24) is 10.3 Å². The third-order valence-corrected chi connectivity index (χ3v) is 2.48. The van der Waals surface area contributed by atoms with E-state index in [1.54, 1.807) is 13.0 Å². The molecule has 1 aromatic rings. The molecule has 0 spiro atoms. The predicted octanol–water partition coefficient (Wildman–Crippen LogP) is 1.31. The Morgan fingerprint density at radius 3 is 2.78 bits per heavy atom. The van der Waals surface area contributed by atoms with Gasteiger partial charge in [0.2, 0.25) is 0 Å². The average Bonchev–Trinajstić information content (AvgIpc) is 2.25. The Hall–Kier alpha value is -1.62. The van der Waals surface area contributed by atoms with Crippen LogP contribution in [0.25, 0.3) is 0 Å². The number of rotatable bonds is 5. The lowest BCUT2D eigenvalue weighted by Gasteiger charge is -2.25. The summed E-state index contributed by atoms with van der Waals surface area (Å²) >= 11 is 0. The van der Waals surface area contributed by atoms with Gasteiger partial charge in [-0.3, -0.25) is 4.79 Å². The van der Waals surface area contributed by atoms with Gasteiger partial charge in [0.05, 0.1) is 5.60 Å². The van der Waals surface area contributed by atoms with E-state index in [1.807, 2.05) is 13.8 Å². The van der Waals surface area contributed by atoms with E-state index in [-0.39, 0.29) is 18.0 Å². The van der Waals surface area contributed by atoms with Crippen molar-refractivity contribution >= 4 is 5.91 Å². The number of aromatic nitrogens is 1. The fraction of sp³-hybridized carbons (Fsp3) is 0.538. The van der Waals surface area contributed by atoms with Crippen LogP contribution in [0.15, 0.2) is 18.3 Å². The highest BCUT2D eigenvalue weighted by Crippen LogP contribution is 2.16. The molecule has 3 N–H and O–H groups in total. The summed E-state index contributed by atoms with van der Waals surface area (Å²) in [7, 11) is 0. The summed E-state index contributed by atoms with van der Waals surface area (Å²) in [6, 6.07) is 2.94. The van der Waals surface area contributed by atoms with Crippen molar-refractivity contribution in [1.29, 1.82) is 0 Å². The summed E-state index contributed by atoms with van der Waals surface area (Å²) in [6.07, 6.45) is 2.02. The van der Waals surface area contributed by atoms with E-state index >= 15 is 0 Å². The van der Waals surface area contributed by atoms with Crippen LogP contribution in [0.2, 0.25) is 0 Å². The summed E-state index contributed by atoms with van der Waals surface area (Å²) in [4.78, 5) is 15.5. The van der Waals surface area contributed by atoms with E-state index in [0.717, 1.165) is 0 Å². The number of carbonyl (C=O) groups excluding carboxylic acids is 1. The largest absolute Gasteiger partial charge is 0.505 e. The number of hydrogen-bond acceptors (Lipinski definition) is 4. The van der Waals surface area contributed by atoms with E-state index in [2.05, 4.69) is 10.3 Å². The van der Waals surface area contributed by atoms with Crippen LogP contribution < -0.4 is 5.32 Å². The summed E-state index contributed by atoms with van der Waals surface area (Å²) in [5, 5.41) is 22.1. The first-order chi connectivity index (χ1) is 8.32. The minimum absolute atomic E-state index is 0.0298. The second-order valence-corrected chi connectivity index (χ2v) is 5.15. The van der Waals surface area contributed by atoms with Crippen LogP contribution in [-0.2, 0) is 0 Å². The van der Waals surface area contributed by atoms with E-state index in [0.29, 0.717) is 12.3 Å². The fourth-order valence-corrected chi connectivity index (χ4v) is 1.88. The van der Waals surface area contributed by atoms with Gasteiger partial charge in [-0.05, 0) is 31.4 Å². The number of aromatic hydroxyl groups is 1. The molecule has 1 amide bonds. The molecule has 1 aromatic heterocycles.